The zero-order valence-corrected chi connectivity index (χ0v) is 18.0. The number of aryl methyl sites for hydroxylation is 2. The predicted molar refractivity (Wildman–Crippen MR) is 115 cm³/mol. The molecule has 1 saturated heterocycles. The van der Waals surface area contributed by atoms with E-state index in [0.29, 0.717) is 29.3 Å². The third kappa shape index (κ3) is 6.00. The molecule has 0 aliphatic carbocycles. The number of anilines is 1. The summed E-state index contributed by atoms with van der Waals surface area (Å²) < 4.78 is 10.6. The second-order valence-corrected chi connectivity index (χ2v) is 7.43. The molecule has 2 heterocycles. The molecular formula is C20H29ClN6O2. The van der Waals surface area contributed by atoms with E-state index in [1.807, 2.05) is 25.1 Å². The number of nitrogens with one attached hydrogen (secondary N) is 2. The Hall–Kier alpha value is -2.48. The van der Waals surface area contributed by atoms with Gasteiger partial charge in [-0.2, -0.15) is 4.98 Å². The number of ether oxygens (including phenoxy) is 1. The van der Waals surface area contributed by atoms with Crippen molar-refractivity contribution >= 4 is 23.2 Å². The van der Waals surface area contributed by atoms with Crippen LogP contribution in [0.15, 0.2) is 27.7 Å². The van der Waals surface area contributed by atoms with Crippen LogP contribution in [0.1, 0.15) is 31.5 Å². The van der Waals surface area contributed by atoms with Gasteiger partial charge >= 0.3 is 0 Å². The van der Waals surface area contributed by atoms with Gasteiger partial charge in [-0.3, -0.25) is 4.99 Å². The van der Waals surface area contributed by atoms with E-state index >= 15 is 0 Å². The van der Waals surface area contributed by atoms with Gasteiger partial charge in [-0.05, 0) is 44.9 Å². The smallest absolute Gasteiger partial charge is 0.226 e. The molecule has 1 aromatic carbocycles. The number of aliphatic imine (C=N–C) groups is 1. The van der Waals surface area contributed by atoms with Crippen molar-refractivity contribution in [2.24, 2.45) is 4.99 Å². The Labute approximate surface area is 176 Å². The van der Waals surface area contributed by atoms with Gasteiger partial charge in [-0.25, -0.2) is 0 Å². The fourth-order valence-corrected chi connectivity index (χ4v) is 3.55. The zero-order chi connectivity index (χ0) is 20.6. The van der Waals surface area contributed by atoms with Crippen LogP contribution < -0.4 is 20.3 Å². The first-order valence-corrected chi connectivity index (χ1v) is 10.4. The molecule has 158 valence electrons. The first kappa shape index (κ1) is 21.2. The average molecular weight is 421 g/mol. The molecule has 3 rings (SSSR count). The summed E-state index contributed by atoms with van der Waals surface area (Å²) in [6, 6.07) is 6.02. The third-order valence-electron chi connectivity index (χ3n) is 4.74. The number of nitrogens with zero attached hydrogens (tertiary/aromatic N) is 4. The largest absolute Gasteiger partial charge is 0.495 e. The molecule has 9 heteroatoms. The number of guanidine groups is 1. The molecule has 1 fully saturated rings. The van der Waals surface area contributed by atoms with Crippen LogP contribution in [0.3, 0.4) is 0 Å². The summed E-state index contributed by atoms with van der Waals surface area (Å²) in [5.74, 6) is 3.00. The van der Waals surface area contributed by atoms with Crippen LogP contribution in [0.25, 0.3) is 0 Å². The number of hydrogen-bond acceptors (Lipinski definition) is 6. The maximum absolute atomic E-state index is 6.19. The van der Waals surface area contributed by atoms with Crippen molar-refractivity contribution in [1.82, 2.24) is 20.8 Å². The molecule has 1 atom stereocenters. The van der Waals surface area contributed by atoms with Crippen LogP contribution >= 0.6 is 11.6 Å². The lowest BCUT2D eigenvalue weighted by Gasteiger charge is -2.22. The molecule has 29 heavy (non-hydrogen) atoms. The van der Waals surface area contributed by atoms with Crippen molar-refractivity contribution in [2.45, 2.75) is 39.2 Å². The summed E-state index contributed by atoms with van der Waals surface area (Å²) >= 11 is 6.19. The summed E-state index contributed by atoms with van der Waals surface area (Å²) in [5.41, 5.74) is 1.03. The third-order valence-corrected chi connectivity index (χ3v) is 4.98. The standard InChI is InChI=1S/C20H29ClN6O2/c1-4-22-20(23-10-5-6-19-24-14(2)26-29-19)25-16-9-11-27(13-16)17-12-15(21)7-8-18(17)28-3/h7-8,12,16H,4-6,9-11,13H2,1-3H3,(H2,22,23,25). The maximum atomic E-state index is 6.19. The van der Waals surface area contributed by atoms with E-state index in [9.17, 15) is 0 Å². The highest BCUT2D eigenvalue weighted by Crippen LogP contribution is 2.33. The molecule has 2 aromatic rings. The molecule has 1 aliphatic heterocycles. The van der Waals surface area contributed by atoms with Crippen molar-refractivity contribution < 1.29 is 9.26 Å². The second-order valence-electron chi connectivity index (χ2n) is 6.99. The highest BCUT2D eigenvalue weighted by molar-refractivity contribution is 6.30. The van der Waals surface area contributed by atoms with Crippen LogP contribution in [0.2, 0.25) is 5.02 Å². The van der Waals surface area contributed by atoms with Gasteiger partial charge in [0, 0.05) is 43.7 Å². The Morgan fingerprint density at radius 1 is 1.45 bits per heavy atom. The van der Waals surface area contributed by atoms with E-state index in [4.69, 9.17) is 20.9 Å². The lowest BCUT2D eigenvalue weighted by Crippen LogP contribution is -2.44. The maximum Gasteiger partial charge on any atom is 0.226 e. The quantitative estimate of drug-likeness (QED) is 0.385. The van der Waals surface area contributed by atoms with E-state index in [2.05, 4.69) is 37.6 Å². The Morgan fingerprint density at radius 2 is 2.31 bits per heavy atom. The van der Waals surface area contributed by atoms with Crippen LogP contribution in [-0.2, 0) is 6.42 Å². The number of benzene rings is 1. The molecule has 1 aliphatic rings. The normalized spacial score (nSPS) is 16.9. The lowest BCUT2D eigenvalue weighted by atomic mass is 10.2. The Kier molecular flexibility index (Phi) is 7.57. The summed E-state index contributed by atoms with van der Waals surface area (Å²) in [6.07, 6.45) is 2.60. The van der Waals surface area contributed by atoms with E-state index in [1.54, 1.807) is 7.11 Å². The minimum atomic E-state index is 0.301. The highest BCUT2D eigenvalue weighted by atomic mass is 35.5. The van der Waals surface area contributed by atoms with Gasteiger partial charge in [0.2, 0.25) is 5.89 Å². The fourth-order valence-electron chi connectivity index (χ4n) is 3.38. The van der Waals surface area contributed by atoms with Crippen molar-refractivity contribution in [3.8, 4) is 5.75 Å². The Bertz CT molecular complexity index is 825. The molecular weight excluding hydrogens is 392 g/mol. The molecule has 0 radical (unpaired) electrons. The number of aromatic nitrogens is 2. The zero-order valence-electron chi connectivity index (χ0n) is 17.2. The van der Waals surface area contributed by atoms with Crippen LogP contribution in [0.4, 0.5) is 5.69 Å². The monoisotopic (exact) mass is 420 g/mol. The van der Waals surface area contributed by atoms with E-state index in [0.717, 1.165) is 56.3 Å². The summed E-state index contributed by atoms with van der Waals surface area (Å²) in [5, 5.41) is 11.4. The number of hydrogen-bond donors (Lipinski definition) is 2. The molecule has 0 spiro atoms. The van der Waals surface area contributed by atoms with Crippen LogP contribution in [0.5, 0.6) is 5.75 Å². The van der Waals surface area contributed by atoms with Crippen molar-refractivity contribution in [1.29, 1.82) is 0 Å². The number of rotatable bonds is 8. The summed E-state index contributed by atoms with van der Waals surface area (Å²) in [4.78, 5) is 11.2. The Balaban J connectivity index is 1.53. The van der Waals surface area contributed by atoms with Crippen molar-refractivity contribution in [3.05, 3.63) is 34.9 Å². The first-order valence-electron chi connectivity index (χ1n) is 10.0. The van der Waals surface area contributed by atoms with Crippen LogP contribution in [0, 0.1) is 6.92 Å². The Morgan fingerprint density at radius 3 is 3.03 bits per heavy atom. The molecule has 1 aromatic heterocycles. The summed E-state index contributed by atoms with van der Waals surface area (Å²) in [7, 11) is 1.68. The minimum Gasteiger partial charge on any atom is -0.495 e. The van der Waals surface area contributed by atoms with Crippen LogP contribution in [-0.4, -0.2) is 55.4 Å². The SMILES string of the molecule is CCNC(=NCCCc1nc(C)no1)NC1CCN(c2cc(Cl)ccc2OC)C1. The molecule has 0 amide bonds. The van der Waals surface area contributed by atoms with Crippen molar-refractivity contribution in [3.63, 3.8) is 0 Å². The van der Waals surface area contributed by atoms with Gasteiger partial charge in [-0.1, -0.05) is 16.8 Å². The van der Waals surface area contributed by atoms with E-state index < -0.39 is 0 Å². The molecule has 8 nitrogen and oxygen atoms in total. The molecule has 1 unspecified atom stereocenters. The second kappa shape index (κ2) is 10.3. The van der Waals surface area contributed by atoms with Gasteiger partial charge in [0.05, 0.1) is 12.8 Å². The van der Waals surface area contributed by atoms with Gasteiger partial charge < -0.3 is 24.8 Å². The predicted octanol–water partition coefficient (Wildman–Crippen LogP) is 2.81. The van der Waals surface area contributed by atoms with Gasteiger partial charge in [-0.15, -0.1) is 0 Å². The lowest BCUT2D eigenvalue weighted by molar-refractivity contribution is 0.372. The van der Waals surface area contributed by atoms with E-state index in [1.165, 1.54) is 0 Å². The summed E-state index contributed by atoms with van der Waals surface area (Å²) in [6.45, 7) is 7.19. The van der Waals surface area contributed by atoms with E-state index in [-0.39, 0.29) is 0 Å². The van der Waals surface area contributed by atoms with Gasteiger partial charge in [0.15, 0.2) is 11.8 Å². The minimum absolute atomic E-state index is 0.301. The van der Waals surface area contributed by atoms with Gasteiger partial charge in [0.25, 0.3) is 0 Å². The number of methoxy groups -OCH3 is 1. The average Bonchev–Trinajstić information content (AvgIpc) is 3.34. The fraction of sp³-hybridized carbons (Fsp3) is 0.550. The molecule has 0 saturated carbocycles. The highest BCUT2D eigenvalue weighted by Gasteiger charge is 2.25. The first-order chi connectivity index (χ1) is 14.1. The van der Waals surface area contributed by atoms with Gasteiger partial charge in [0.1, 0.15) is 5.75 Å². The molecule has 0 bridgehead atoms. The topological polar surface area (TPSA) is 87.8 Å². The molecule has 2 N–H and O–H groups in total. The van der Waals surface area contributed by atoms with Crippen molar-refractivity contribution in [2.75, 3.05) is 38.2 Å². The number of halogens is 1.